The smallest absolute Gasteiger partial charge is 0.315 e. The van der Waals surface area contributed by atoms with Gasteiger partial charge in [0.2, 0.25) is 0 Å². The van der Waals surface area contributed by atoms with E-state index in [4.69, 9.17) is 5.11 Å². The first-order valence-corrected chi connectivity index (χ1v) is 6.71. The fourth-order valence-corrected chi connectivity index (χ4v) is 1.68. The van der Waals surface area contributed by atoms with Gasteiger partial charge in [-0.2, -0.15) is 0 Å². The van der Waals surface area contributed by atoms with Crippen LogP contribution in [-0.4, -0.2) is 28.6 Å². The van der Waals surface area contributed by atoms with E-state index < -0.39 is 5.97 Å². The van der Waals surface area contributed by atoms with Crippen molar-refractivity contribution in [2.24, 2.45) is 5.92 Å². The highest BCUT2D eigenvalue weighted by Gasteiger charge is 2.06. The molecule has 1 rings (SSSR count). The van der Waals surface area contributed by atoms with Crippen molar-refractivity contribution in [3.63, 3.8) is 0 Å². The van der Waals surface area contributed by atoms with E-state index in [0.717, 1.165) is 12.1 Å². The summed E-state index contributed by atoms with van der Waals surface area (Å²) >= 11 is 0. The molecule has 1 heterocycles. The lowest BCUT2D eigenvalue weighted by Gasteiger charge is -2.11. The number of carboxylic acids is 1. The number of nitrogens with zero attached hydrogens (tertiary/aromatic N) is 1. The number of hydrogen-bond donors (Lipinski definition) is 3. The number of hydrogen-bond acceptors (Lipinski definition) is 3. The molecule has 0 aromatic carbocycles. The monoisotopic (exact) mass is 279 g/mol. The van der Waals surface area contributed by atoms with Crippen LogP contribution in [0.2, 0.25) is 0 Å². The van der Waals surface area contributed by atoms with Gasteiger partial charge in [-0.05, 0) is 30.9 Å². The van der Waals surface area contributed by atoms with Gasteiger partial charge >= 0.3 is 12.0 Å². The third kappa shape index (κ3) is 7.35. The average molecular weight is 279 g/mol. The Labute approximate surface area is 118 Å². The van der Waals surface area contributed by atoms with Crippen LogP contribution in [0.1, 0.15) is 31.9 Å². The van der Waals surface area contributed by atoms with Gasteiger partial charge < -0.3 is 15.7 Å². The molecule has 0 spiro atoms. The summed E-state index contributed by atoms with van der Waals surface area (Å²) in [6, 6.07) is 5.30. The molecule has 1 unspecified atom stereocenters. The zero-order chi connectivity index (χ0) is 14.8. The summed E-state index contributed by atoms with van der Waals surface area (Å²) in [5, 5.41) is 14.0. The number of amides is 2. The number of pyridine rings is 1. The Morgan fingerprint density at radius 2 is 2.10 bits per heavy atom. The molecule has 0 saturated heterocycles. The predicted molar refractivity (Wildman–Crippen MR) is 75.1 cm³/mol. The molecule has 1 aromatic rings. The molecule has 2 amide bonds. The van der Waals surface area contributed by atoms with Gasteiger partial charge in [0.1, 0.15) is 0 Å². The van der Waals surface area contributed by atoms with Crippen LogP contribution in [0.15, 0.2) is 24.4 Å². The van der Waals surface area contributed by atoms with Gasteiger partial charge in [-0.1, -0.05) is 13.0 Å². The zero-order valence-corrected chi connectivity index (χ0v) is 11.6. The Bertz CT molecular complexity index is 423. The highest BCUT2D eigenvalue weighted by molar-refractivity contribution is 5.73. The Balaban J connectivity index is 2.09. The average Bonchev–Trinajstić information content (AvgIpc) is 2.44. The molecule has 20 heavy (non-hydrogen) atoms. The third-order valence-electron chi connectivity index (χ3n) is 2.93. The second-order valence-corrected chi connectivity index (χ2v) is 4.76. The van der Waals surface area contributed by atoms with Gasteiger partial charge in [0.05, 0.1) is 12.2 Å². The molecule has 0 aliphatic rings. The van der Waals surface area contributed by atoms with Crippen molar-refractivity contribution in [1.29, 1.82) is 0 Å². The summed E-state index contributed by atoms with van der Waals surface area (Å²) in [5.41, 5.74) is 0.803. The van der Waals surface area contributed by atoms with Crippen LogP contribution in [0.4, 0.5) is 4.79 Å². The number of aliphatic carboxylic acids is 1. The summed E-state index contributed by atoms with van der Waals surface area (Å²) in [6.07, 6.45) is 3.25. The first-order chi connectivity index (χ1) is 9.58. The number of rotatable bonds is 8. The van der Waals surface area contributed by atoms with Gasteiger partial charge in [0.15, 0.2) is 0 Å². The first-order valence-electron chi connectivity index (χ1n) is 6.71. The van der Waals surface area contributed by atoms with Crippen molar-refractivity contribution in [2.45, 2.75) is 32.7 Å². The van der Waals surface area contributed by atoms with E-state index >= 15 is 0 Å². The minimum atomic E-state index is -0.780. The summed E-state index contributed by atoms with van der Waals surface area (Å²) in [4.78, 5) is 26.0. The van der Waals surface area contributed by atoms with E-state index in [0.29, 0.717) is 19.5 Å². The second-order valence-electron chi connectivity index (χ2n) is 4.76. The lowest BCUT2D eigenvalue weighted by molar-refractivity contribution is -0.137. The number of carboxylic acid groups (broad SMARTS) is 1. The fraction of sp³-hybridized carbons (Fsp3) is 0.500. The van der Waals surface area contributed by atoms with Crippen molar-refractivity contribution >= 4 is 12.0 Å². The molecule has 1 aromatic heterocycles. The summed E-state index contributed by atoms with van der Waals surface area (Å²) in [6.45, 7) is 2.91. The minimum Gasteiger partial charge on any atom is -0.481 e. The molecule has 0 radical (unpaired) electrons. The molecule has 6 nitrogen and oxygen atoms in total. The van der Waals surface area contributed by atoms with E-state index in [-0.39, 0.29) is 18.4 Å². The molecule has 1 atom stereocenters. The van der Waals surface area contributed by atoms with Crippen molar-refractivity contribution in [3.8, 4) is 0 Å². The Morgan fingerprint density at radius 1 is 1.30 bits per heavy atom. The van der Waals surface area contributed by atoms with Crippen LogP contribution in [0.25, 0.3) is 0 Å². The first kappa shape index (κ1) is 15.9. The molecule has 0 saturated carbocycles. The molecule has 110 valence electrons. The lowest BCUT2D eigenvalue weighted by Crippen LogP contribution is -2.36. The summed E-state index contributed by atoms with van der Waals surface area (Å²) in [7, 11) is 0. The zero-order valence-electron chi connectivity index (χ0n) is 11.6. The maximum absolute atomic E-state index is 11.5. The fourth-order valence-electron chi connectivity index (χ4n) is 1.68. The molecule has 0 fully saturated rings. The lowest BCUT2D eigenvalue weighted by atomic mass is 10.0. The van der Waals surface area contributed by atoms with E-state index in [1.807, 2.05) is 25.1 Å². The van der Waals surface area contributed by atoms with Gasteiger partial charge in [-0.25, -0.2) is 4.79 Å². The van der Waals surface area contributed by atoms with Gasteiger partial charge in [-0.3, -0.25) is 9.78 Å². The molecule has 0 bridgehead atoms. The molecule has 6 heteroatoms. The van der Waals surface area contributed by atoms with E-state index in [1.54, 1.807) is 6.20 Å². The van der Waals surface area contributed by atoms with Gasteiger partial charge in [0.25, 0.3) is 0 Å². The van der Waals surface area contributed by atoms with Crippen LogP contribution in [0, 0.1) is 5.92 Å². The van der Waals surface area contributed by atoms with Crippen LogP contribution in [0.5, 0.6) is 0 Å². The molecule has 0 aliphatic heterocycles. The Hall–Kier alpha value is -2.11. The highest BCUT2D eigenvalue weighted by Crippen LogP contribution is 2.08. The van der Waals surface area contributed by atoms with Crippen LogP contribution in [0.3, 0.4) is 0 Å². The van der Waals surface area contributed by atoms with Crippen molar-refractivity contribution in [2.75, 3.05) is 6.54 Å². The van der Waals surface area contributed by atoms with Crippen LogP contribution in [-0.2, 0) is 11.3 Å². The molecule has 0 aliphatic carbocycles. The van der Waals surface area contributed by atoms with Crippen molar-refractivity contribution in [1.82, 2.24) is 15.6 Å². The molecular formula is C14H21N3O3. The summed E-state index contributed by atoms with van der Waals surface area (Å²) < 4.78 is 0. The van der Waals surface area contributed by atoms with Crippen molar-refractivity contribution < 1.29 is 14.7 Å². The quantitative estimate of drug-likeness (QED) is 0.676. The normalized spacial score (nSPS) is 11.7. The summed E-state index contributed by atoms with van der Waals surface area (Å²) in [5.74, 6) is -0.500. The standard InChI is InChI=1S/C14H21N3O3/c1-11(5-6-13(18)19)7-9-16-14(20)17-10-12-4-2-3-8-15-12/h2-4,8,11H,5-7,9-10H2,1H3,(H,18,19)(H2,16,17,20). The Morgan fingerprint density at radius 3 is 2.75 bits per heavy atom. The Kier molecular flexibility index (Phi) is 7.10. The predicted octanol–water partition coefficient (Wildman–Crippen LogP) is 1.77. The second kappa shape index (κ2) is 8.90. The number of urea groups is 1. The van der Waals surface area contributed by atoms with Gasteiger partial charge in [-0.15, -0.1) is 0 Å². The number of aromatic nitrogens is 1. The molecular weight excluding hydrogens is 258 g/mol. The van der Waals surface area contributed by atoms with Crippen molar-refractivity contribution in [3.05, 3.63) is 30.1 Å². The van der Waals surface area contributed by atoms with Crippen LogP contribution < -0.4 is 10.6 Å². The van der Waals surface area contributed by atoms with Crippen LogP contribution >= 0.6 is 0 Å². The number of carbonyl (C=O) groups is 2. The highest BCUT2D eigenvalue weighted by atomic mass is 16.4. The minimum absolute atomic E-state index is 0.174. The van der Waals surface area contributed by atoms with Gasteiger partial charge in [0, 0.05) is 19.2 Å². The largest absolute Gasteiger partial charge is 0.481 e. The maximum Gasteiger partial charge on any atom is 0.315 e. The number of carbonyl (C=O) groups excluding carboxylic acids is 1. The SMILES string of the molecule is CC(CCNC(=O)NCc1ccccn1)CCC(=O)O. The van der Waals surface area contributed by atoms with E-state index in [1.165, 1.54) is 0 Å². The third-order valence-corrected chi connectivity index (χ3v) is 2.93. The van der Waals surface area contributed by atoms with E-state index in [2.05, 4.69) is 15.6 Å². The topological polar surface area (TPSA) is 91.3 Å². The maximum atomic E-state index is 11.5. The number of nitrogens with one attached hydrogen (secondary N) is 2. The van der Waals surface area contributed by atoms with E-state index in [9.17, 15) is 9.59 Å². The molecule has 3 N–H and O–H groups in total.